The van der Waals surface area contributed by atoms with Crippen LogP contribution in [0.1, 0.15) is 66.2 Å². The maximum Gasteiger partial charge on any atom is 0.261 e. The maximum atomic E-state index is 10.6. The normalized spacial score (nSPS) is 13.5. The van der Waals surface area contributed by atoms with Crippen molar-refractivity contribution in [1.29, 1.82) is 0 Å². The average molecular weight is 399 g/mol. The molecular weight excluding hydrogens is 360 g/mol. The van der Waals surface area contributed by atoms with Gasteiger partial charge in [-0.2, -0.15) is 0 Å². The first-order valence-electron chi connectivity index (χ1n) is 10.8. The summed E-state index contributed by atoms with van der Waals surface area (Å²) in [5, 5.41) is 13.1. The van der Waals surface area contributed by atoms with Crippen LogP contribution >= 0.6 is 0 Å². The van der Waals surface area contributed by atoms with Gasteiger partial charge >= 0.3 is 0 Å². The van der Waals surface area contributed by atoms with Crippen molar-refractivity contribution in [2.45, 2.75) is 77.4 Å². The molecule has 3 heteroatoms. The topological polar surface area (TPSA) is 29.5 Å². The number of hydrogen-bond acceptors (Lipinski definition) is 2. The lowest BCUT2D eigenvalue weighted by atomic mass is 10.1. The first-order chi connectivity index (χ1) is 13.4. The van der Waals surface area contributed by atoms with Crippen LogP contribution in [0.3, 0.4) is 0 Å². The van der Waals surface area contributed by atoms with Gasteiger partial charge in [-0.3, -0.25) is 0 Å². The molecule has 2 rings (SSSR count). The zero-order chi connectivity index (χ0) is 20.5. The molecule has 154 valence electrons. The van der Waals surface area contributed by atoms with E-state index < -0.39 is 14.4 Å². The Morgan fingerprint density at radius 2 is 1.32 bits per heavy atom. The minimum absolute atomic E-state index is 0.0451. The molecule has 2 nitrogen and oxygen atoms in total. The fourth-order valence-corrected chi connectivity index (χ4v) is 8.65. The highest BCUT2D eigenvalue weighted by molar-refractivity contribution is 6.99. The van der Waals surface area contributed by atoms with Crippen molar-refractivity contribution in [3.63, 3.8) is 0 Å². The highest BCUT2D eigenvalue weighted by Crippen LogP contribution is 2.36. The number of rotatable bonds is 11. The van der Waals surface area contributed by atoms with Crippen LogP contribution in [-0.2, 0) is 4.43 Å². The van der Waals surface area contributed by atoms with E-state index in [0.717, 1.165) is 12.8 Å². The van der Waals surface area contributed by atoms with Crippen LogP contribution in [0.25, 0.3) is 0 Å². The van der Waals surface area contributed by atoms with Gasteiger partial charge in [-0.1, -0.05) is 120 Å². The van der Waals surface area contributed by atoms with Gasteiger partial charge in [0, 0.05) is 0 Å². The fraction of sp³-hybridized carbons (Fsp3) is 0.520. The second kappa shape index (κ2) is 10.9. The largest absolute Gasteiger partial charge is 0.405 e. The molecule has 0 aliphatic carbocycles. The summed E-state index contributed by atoms with van der Waals surface area (Å²) in [4.78, 5) is 0. The molecule has 2 aromatic rings. The van der Waals surface area contributed by atoms with Crippen molar-refractivity contribution < 1.29 is 9.53 Å². The van der Waals surface area contributed by atoms with Crippen LogP contribution in [0.2, 0.25) is 5.04 Å². The Bertz CT molecular complexity index is 624. The molecule has 1 unspecified atom stereocenters. The molecule has 0 aromatic heterocycles. The molecule has 0 saturated carbocycles. The van der Waals surface area contributed by atoms with Crippen molar-refractivity contribution in [3.8, 4) is 0 Å². The lowest BCUT2D eigenvalue weighted by Crippen LogP contribution is -2.67. The van der Waals surface area contributed by atoms with Gasteiger partial charge in [0.05, 0.1) is 12.7 Å². The van der Waals surface area contributed by atoms with Gasteiger partial charge in [0.2, 0.25) is 0 Å². The highest BCUT2D eigenvalue weighted by Gasteiger charge is 2.50. The lowest BCUT2D eigenvalue weighted by Gasteiger charge is -2.43. The third kappa shape index (κ3) is 5.79. The van der Waals surface area contributed by atoms with Crippen molar-refractivity contribution in [1.82, 2.24) is 0 Å². The standard InChI is InChI=1S/C25H38O2Si/c1-5-6-7-8-11-16-22(26)21-27-28(25(2,3)4,23-17-12-9-13-18-23)24-19-14-10-15-20-24/h9-10,12-15,17-20,22,26H,5-8,11,16,21H2,1-4H3. The van der Waals surface area contributed by atoms with E-state index in [1.165, 1.54) is 36.1 Å². The molecule has 0 fully saturated rings. The number of hydrogen-bond donors (Lipinski definition) is 1. The summed E-state index contributed by atoms with van der Waals surface area (Å²) in [6, 6.07) is 21.3. The Kier molecular flexibility index (Phi) is 8.93. The molecule has 0 aliphatic rings. The van der Waals surface area contributed by atoms with Gasteiger partial charge in [0.15, 0.2) is 0 Å². The molecule has 0 radical (unpaired) electrons. The predicted molar refractivity (Wildman–Crippen MR) is 123 cm³/mol. The molecule has 0 spiro atoms. The van der Waals surface area contributed by atoms with E-state index in [0.29, 0.717) is 6.61 Å². The minimum atomic E-state index is -2.53. The van der Waals surface area contributed by atoms with E-state index in [-0.39, 0.29) is 5.04 Å². The summed E-state index contributed by atoms with van der Waals surface area (Å²) in [6.07, 6.45) is 6.49. The molecule has 2 aromatic carbocycles. The van der Waals surface area contributed by atoms with Gasteiger partial charge in [-0.15, -0.1) is 0 Å². The molecule has 1 N–H and O–H groups in total. The van der Waals surface area contributed by atoms with E-state index in [9.17, 15) is 5.11 Å². The molecule has 0 saturated heterocycles. The molecular formula is C25H38O2Si. The molecule has 0 amide bonds. The molecule has 1 atom stereocenters. The number of unbranched alkanes of at least 4 members (excludes halogenated alkanes) is 4. The highest BCUT2D eigenvalue weighted by atomic mass is 28.4. The summed E-state index contributed by atoms with van der Waals surface area (Å²) in [6.45, 7) is 9.46. The SMILES string of the molecule is CCCCCCCC(O)CO[Si](c1ccccc1)(c1ccccc1)C(C)(C)C. The van der Waals surface area contributed by atoms with Gasteiger partial charge in [-0.05, 0) is 21.8 Å². The summed E-state index contributed by atoms with van der Waals surface area (Å²) >= 11 is 0. The van der Waals surface area contributed by atoms with Crippen LogP contribution in [0.4, 0.5) is 0 Å². The van der Waals surface area contributed by atoms with E-state index in [2.05, 4.69) is 88.4 Å². The van der Waals surface area contributed by atoms with Gasteiger partial charge < -0.3 is 9.53 Å². The fourth-order valence-electron chi connectivity index (χ4n) is 4.05. The van der Waals surface area contributed by atoms with E-state index in [4.69, 9.17) is 4.43 Å². The smallest absolute Gasteiger partial charge is 0.261 e. The van der Waals surface area contributed by atoms with Gasteiger partial charge in [-0.25, -0.2) is 0 Å². The van der Waals surface area contributed by atoms with E-state index >= 15 is 0 Å². The summed E-state index contributed by atoms with van der Waals surface area (Å²) in [7, 11) is -2.53. The monoisotopic (exact) mass is 398 g/mol. The Labute approximate surface area is 173 Å². The zero-order valence-corrected chi connectivity index (χ0v) is 19.2. The quantitative estimate of drug-likeness (QED) is 0.412. The summed E-state index contributed by atoms with van der Waals surface area (Å²) < 4.78 is 6.80. The predicted octanol–water partition coefficient (Wildman–Crippen LogP) is 5.28. The summed E-state index contributed by atoms with van der Waals surface area (Å²) in [5.74, 6) is 0. The second-order valence-electron chi connectivity index (χ2n) is 8.83. The number of benzene rings is 2. The van der Waals surface area contributed by atoms with Gasteiger partial charge in [0.25, 0.3) is 8.32 Å². The Hall–Kier alpha value is -1.42. The van der Waals surface area contributed by atoms with Crippen LogP contribution in [0.15, 0.2) is 60.7 Å². The number of aliphatic hydroxyl groups is 1. The Balaban J connectivity index is 2.22. The third-order valence-electron chi connectivity index (χ3n) is 5.55. The van der Waals surface area contributed by atoms with Crippen LogP contribution in [-0.4, -0.2) is 26.1 Å². The third-order valence-corrected chi connectivity index (χ3v) is 10.6. The van der Waals surface area contributed by atoms with E-state index in [1.54, 1.807) is 0 Å². The lowest BCUT2D eigenvalue weighted by molar-refractivity contribution is 0.0927. The Morgan fingerprint density at radius 1 is 0.821 bits per heavy atom. The molecule has 0 bridgehead atoms. The second-order valence-corrected chi connectivity index (χ2v) is 13.1. The van der Waals surface area contributed by atoms with Gasteiger partial charge in [0.1, 0.15) is 0 Å². The van der Waals surface area contributed by atoms with Crippen molar-refractivity contribution >= 4 is 18.7 Å². The molecule has 28 heavy (non-hydrogen) atoms. The van der Waals surface area contributed by atoms with Crippen LogP contribution < -0.4 is 10.4 Å². The molecule has 0 aliphatic heterocycles. The van der Waals surface area contributed by atoms with Crippen molar-refractivity contribution in [2.75, 3.05) is 6.61 Å². The zero-order valence-electron chi connectivity index (χ0n) is 18.2. The average Bonchev–Trinajstić information content (AvgIpc) is 2.69. The maximum absolute atomic E-state index is 10.6. The molecule has 0 heterocycles. The van der Waals surface area contributed by atoms with E-state index in [1.807, 2.05) is 0 Å². The summed E-state index contributed by atoms with van der Waals surface area (Å²) in [5.41, 5.74) is 0. The van der Waals surface area contributed by atoms with Crippen LogP contribution in [0, 0.1) is 0 Å². The van der Waals surface area contributed by atoms with Crippen molar-refractivity contribution in [3.05, 3.63) is 60.7 Å². The minimum Gasteiger partial charge on any atom is -0.405 e. The first-order valence-corrected chi connectivity index (χ1v) is 12.8. The van der Waals surface area contributed by atoms with Crippen LogP contribution in [0.5, 0.6) is 0 Å². The Morgan fingerprint density at radius 3 is 1.79 bits per heavy atom. The van der Waals surface area contributed by atoms with Crippen molar-refractivity contribution in [2.24, 2.45) is 0 Å². The number of aliphatic hydroxyl groups excluding tert-OH is 1. The first kappa shape index (κ1) is 22.9.